The number of piperazine rings is 1. The molecule has 2 atom stereocenters. The van der Waals surface area contributed by atoms with Crippen LogP contribution in [0.3, 0.4) is 0 Å². The summed E-state index contributed by atoms with van der Waals surface area (Å²) in [6.07, 6.45) is 0.397. The Morgan fingerprint density at radius 3 is 2.13 bits per heavy atom. The van der Waals surface area contributed by atoms with Crippen LogP contribution < -0.4 is 0 Å². The zero-order chi connectivity index (χ0) is 21.7. The predicted molar refractivity (Wildman–Crippen MR) is 114 cm³/mol. The third-order valence-electron chi connectivity index (χ3n) is 4.95. The molecule has 0 unspecified atom stereocenters. The summed E-state index contributed by atoms with van der Waals surface area (Å²) in [4.78, 5) is 41.3. The Balaban J connectivity index is 1.92. The Morgan fingerprint density at radius 1 is 1.03 bits per heavy atom. The van der Waals surface area contributed by atoms with Crippen molar-refractivity contribution in [2.75, 3.05) is 6.54 Å². The van der Waals surface area contributed by atoms with Crippen molar-refractivity contribution < 1.29 is 19.1 Å². The number of benzene rings is 2. The number of hydrogen-bond acceptors (Lipinski definition) is 4. The van der Waals surface area contributed by atoms with Crippen molar-refractivity contribution in [1.82, 2.24) is 9.80 Å². The maximum absolute atomic E-state index is 13.4. The Morgan fingerprint density at radius 2 is 1.60 bits per heavy atom. The summed E-state index contributed by atoms with van der Waals surface area (Å²) in [6.45, 7) is 5.82. The van der Waals surface area contributed by atoms with Crippen molar-refractivity contribution in [2.24, 2.45) is 0 Å². The zero-order valence-electron chi connectivity index (χ0n) is 17.7. The summed E-state index contributed by atoms with van der Waals surface area (Å²) in [5, 5.41) is 0. The molecule has 3 rings (SSSR count). The van der Waals surface area contributed by atoms with E-state index < -0.39 is 23.8 Å². The average Bonchev–Trinajstić information content (AvgIpc) is 2.71. The number of carbonyl (C=O) groups excluding carboxylic acids is 3. The molecule has 0 radical (unpaired) electrons. The van der Waals surface area contributed by atoms with E-state index in [4.69, 9.17) is 4.74 Å². The standard InChI is InChI=1S/C24H28N2O4/c1-24(2,3)30-23(29)26-20(17-27)16-25(15-19-12-8-5-9-13-19)22(28)21(26)14-18-10-6-4-7-11-18/h4-13,17,20-21H,14-16H2,1-3H3/t20-,21+/m1/s1. The lowest BCUT2D eigenvalue weighted by molar-refractivity contribution is -0.146. The van der Waals surface area contributed by atoms with E-state index in [0.717, 1.165) is 17.4 Å². The smallest absolute Gasteiger partial charge is 0.411 e. The summed E-state index contributed by atoms with van der Waals surface area (Å²) in [5.41, 5.74) is 1.15. The largest absolute Gasteiger partial charge is 0.444 e. The molecule has 1 saturated heterocycles. The van der Waals surface area contributed by atoms with Crippen LogP contribution in [0.25, 0.3) is 0 Å². The van der Waals surface area contributed by atoms with Crippen molar-refractivity contribution >= 4 is 18.3 Å². The minimum Gasteiger partial charge on any atom is -0.444 e. The van der Waals surface area contributed by atoms with Gasteiger partial charge in [-0.05, 0) is 31.9 Å². The maximum atomic E-state index is 13.4. The molecule has 0 spiro atoms. The molecule has 0 N–H and O–H groups in total. The minimum absolute atomic E-state index is 0.141. The SMILES string of the molecule is CC(C)(C)OC(=O)N1[C@@H](C=O)CN(Cc2ccccc2)C(=O)[C@@H]1Cc1ccccc1. The summed E-state index contributed by atoms with van der Waals surface area (Å²) in [5.74, 6) is -0.188. The van der Waals surface area contributed by atoms with Gasteiger partial charge in [0.1, 0.15) is 24.0 Å². The molecule has 6 nitrogen and oxygen atoms in total. The topological polar surface area (TPSA) is 66.9 Å². The Labute approximate surface area is 177 Å². The second-order valence-electron chi connectivity index (χ2n) is 8.50. The van der Waals surface area contributed by atoms with E-state index >= 15 is 0 Å². The van der Waals surface area contributed by atoms with Crippen molar-refractivity contribution in [3.8, 4) is 0 Å². The molecule has 0 aliphatic carbocycles. The van der Waals surface area contributed by atoms with E-state index in [2.05, 4.69) is 0 Å². The number of nitrogens with zero attached hydrogens (tertiary/aromatic N) is 2. The quantitative estimate of drug-likeness (QED) is 0.711. The lowest BCUT2D eigenvalue weighted by Gasteiger charge is -2.44. The van der Waals surface area contributed by atoms with E-state index in [-0.39, 0.29) is 12.5 Å². The molecule has 1 aliphatic heterocycles. The van der Waals surface area contributed by atoms with Gasteiger partial charge in [-0.25, -0.2) is 4.79 Å². The fourth-order valence-corrected chi connectivity index (χ4v) is 3.62. The Bertz CT molecular complexity index is 877. The van der Waals surface area contributed by atoms with Crippen LogP contribution in [0.4, 0.5) is 4.79 Å². The minimum atomic E-state index is -0.810. The van der Waals surface area contributed by atoms with Gasteiger partial charge in [-0.2, -0.15) is 0 Å². The predicted octanol–water partition coefficient (Wildman–Crippen LogP) is 3.44. The molecule has 30 heavy (non-hydrogen) atoms. The number of carbonyl (C=O) groups is 3. The first-order chi connectivity index (χ1) is 14.3. The molecule has 1 fully saturated rings. The molecule has 0 aromatic heterocycles. The molecule has 1 aliphatic rings. The average molecular weight is 408 g/mol. The van der Waals surface area contributed by atoms with Gasteiger partial charge in [0, 0.05) is 19.5 Å². The number of ether oxygens (including phenoxy) is 1. The van der Waals surface area contributed by atoms with Gasteiger partial charge in [0.25, 0.3) is 0 Å². The first kappa shape index (κ1) is 21.6. The molecular weight excluding hydrogens is 380 g/mol. The lowest BCUT2D eigenvalue weighted by atomic mass is 9.98. The van der Waals surface area contributed by atoms with E-state index in [1.165, 1.54) is 4.90 Å². The zero-order valence-corrected chi connectivity index (χ0v) is 17.7. The summed E-state index contributed by atoms with van der Waals surface area (Å²) in [7, 11) is 0. The Kier molecular flexibility index (Phi) is 6.55. The second kappa shape index (κ2) is 9.11. The third kappa shape index (κ3) is 5.26. The van der Waals surface area contributed by atoms with Crippen molar-refractivity contribution in [1.29, 1.82) is 0 Å². The summed E-state index contributed by atoms with van der Waals surface area (Å²) < 4.78 is 5.54. The molecule has 2 aromatic carbocycles. The highest BCUT2D eigenvalue weighted by atomic mass is 16.6. The highest BCUT2D eigenvalue weighted by molar-refractivity contribution is 5.90. The van der Waals surface area contributed by atoms with Gasteiger partial charge in [-0.15, -0.1) is 0 Å². The molecule has 2 aromatic rings. The van der Waals surface area contributed by atoms with Crippen LogP contribution in [0.15, 0.2) is 60.7 Å². The Hall–Kier alpha value is -3.15. The molecule has 1 heterocycles. The first-order valence-electron chi connectivity index (χ1n) is 10.1. The van der Waals surface area contributed by atoms with Crippen LogP contribution in [-0.2, 0) is 27.3 Å². The number of rotatable bonds is 5. The fraction of sp³-hybridized carbons (Fsp3) is 0.375. The van der Waals surface area contributed by atoms with Gasteiger partial charge in [0.15, 0.2) is 0 Å². The lowest BCUT2D eigenvalue weighted by Crippen LogP contribution is -2.64. The van der Waals surface area contributed by atoms with E-state index in [1.54, 1.807) is 25.7 Å². The van der Waals surface area contributed by atoms with Gasteiger partial charge in [-0.1, -0.05) is 60.7 Å². The van der Waals surface area contributed by atoms with E-state index in [1.807, 2.05) is 60.7 Å². The van der Waals surface area contributed by atoms with E-state index in [9.17, 15) is 14.4 Å². The molecule has 158 valence electrons. The van der Waals surface area contributed by atoms with Crippen LogP contribution in [-0.4, -0.2) is 52.3 Å². The van der Waals surface area contributed by atoms with Crippen LogP contribution in [0.2, 0.25) is 0 Å². The fourth-order valence-electron chi connectivity index (χ4n) is 3.62. The van der Waals surface area contributed by atoms with Crippen LogP contribution in [0.1, 0.15) is 31.9 Å². The van der Waals surface area contributed by atoms with Crippen molar-refractivity contribution in [3.05, 3.63) is 71.8 Å². The monoisotopic (exact) mass is 408 g/mol. The number of amides is 2. The second-order valence-corrected chi connectivity index (χ2v) is 8.50. The van der Waals surface area contributed by atoms with E-state index in [0.29, 0.717) is 13.0 Å². The molecule has 6 heteroatoms. The van der Waals surface area contributed by atoms with Crippen molar-refractivity contribution in [2.45, 2.75) is 51.4 Å². The van der Waals surface area contributed by atoms with Gasteiger partial charge in [0.05, 0.1) is 0 Å². The molecule has 2 amide bonds. The first-order valence-corrected chi connectivity index (χ1v) is 10.1. The molecular formula is C24H28N2O4. The summed E-state index contributed by atoms with van der Waals surface area (Å²) >= 11 is 0. The van der Waals surface area contributed by atoms with Gasteiger partial charge in [0.2, 0.25) is 5.91 Å². The third-order valence-corrected chi connectivity index (χ3v) is 4.95. The van der Waals surface area contributed by atoms with Crippen molar-refractivity contribution in [3.63, 3.8) is 0 Å². The van der Waals surface area contributed by atoms with Crippen LogP contribution >= 0.6 is 0 Å². The van der Waals surface area contributed by atoms with Crippen LogP contribution in [0.5, 0.6) is 0 Å². The van der Waals surface area contributed by atoms with Gasteiger partial charge >= 0.3 is 6.09 Å². The normalized spacial score (nSPS) is 19.5. The maximum Gasteiger partial charge on any atom is 0.411 e. The summed E-state index contributed by atoms with van der Waals surface area (Å²) in [6, 6.07) is 17.5. The number of aldehydes is 1. The highest BCUT2D eigenvalue weighted by Gasteiger charge is 2.44. The highest BCUT2D eigenvalue weighted by Crippen LogP contribution is 2.24. The van der Waals surface area contributed by atoms with Gasteiger partial charge < -0.3 is 14.4 Å². The van der Waals surface area contributed by atoms with Gasteiger partial charge in [-0.3, -0.25) is 9.69 Å². The molecule has 0 saturated carbocycles. The van der Waals surface area contributed by atoms with Crippen LogP contribution in [0, 0.1) is 0 Å². The molecule has 0 bridgehead atoms. The number of hydrogen-bond donors (Lipinski definition) is 0.